The summed E-state index contributed by atoms with van der Waals surface area (Å²) < 4.78 is 18.6. The number of thioether (sulfide) groups is 1. The van der Waals surface area contributed by atoms with Gasteiger partial charge in [0.25, 0.3) is 0 Å². The first-order chi connectivity index (χ1) is 12.2. The van der Waals surface area contributed by atoms with Crippen LogP contribution < -0.4 is 15.4 Å². The zero-order chi connectivity index (χ0) is 17.5. The van der Waals surface area contributed by atoms with Crippen LogP contribution in [0.4, 0.5) is 4.39 Å². The predicted molar refractivity (Wildman–Crippen MR) is 96.3 cm³/mol. The summed E-state index contributed by atoms with van der Waals surface area (Å²) in [5, 5.41) is 6.25. The van der Waals surface area contributed by atoms with Gasteiger partial charge in [-0.2, -0.15) is 11.8 Å². The third kappa shape index (κ3) is 5.72. The van der Waals surface area contributed by atoms with E-state index >= 15 is 0 Å². The van der Waals surface area contributed by atoms with Gasteiger partial charge in [-0.05, 0) is 17.7 Å². The molecule has 2 heterocycles. The first kappa shape index (κ1) is 17.7. The van der Waals surface area contributed by atoms with Crippen molar-refractivity contribution in [3.63, 3.8) is 0 Å². The molecule has 1 fully saturated rings. The second kappa shape index (κ2) is 8.82. The average molecular weight is 361 g/mol. The molecule has 1 unspecified atom stereocenters. The first-order valence-electron chi connectivity index (χ1n) is 8.15. The lowest BCUT2D eigenvalue weighted by atomic mass is 10.2. The largest absolute Gasteiger partial charge is 0.439 e. The van der Waals surface area contributed by atoms with Crippen molar-refractivity contribution in [1.29, 1.82) is 0 Å². The zero-order valence-electron chi connectivity index (χ0n) is 13.7. The third-order valence-corrected chi connectivity index (χ3v) is 4.87. The molecule has 1 amide bonds. The number of benzene rings is 1. The summed E-state index contributed by atoms with van der Waals surface area (Å²) in [7, 11) is 0. The number of ether oxygens (including phenoxy) is 1. The van der Waals surface area contributed by atoms with Crippen LogP contribution in [-0.2, 0) is 11.3 Å². The van der Waals surface area contributed by atoms with Crippen LogP contribution in [-0.4, -0.2) is 35.0 Å². The van der Waals surface area contributed by atoms with Gasteiger partial charge in [0.05, 0.1) is 0 Å². The molecule has 2 N–H and O–H groups in total. The lowest BCUT2D eigenvalue weighted by Gasteiger charge is -2.22. The maximum atomic E-state index is 13.1. The van der Waals surface area contributed by atoms with Crippen LogP contribution in [0, 0.1) is 5.82 Å². The SMILES string of the molecule is O=C(CC1CSCCN1)NCc1ccc(Oc2cccc(F)c2)nc1. The summed E-state index contributed by atoms with van der Waals surface area (Å²) in [6.07, 6.45) is 2.13. The Labute approximate surface area is 150 Å². The van der Waals surface area contributed by atoms with Crippen LogP contribution in [0.1, 0.15) is 12.0 Å². The van der Waals surface area contributed by atoms with Crippen molar-refractivity contribution in [3.05, 3.63) is 54.0 Å². The fourth-order valence-corrected chi connectivity index (χ4v) is 3.42. The molecule has 0 saturated carbocycles. The molecule has 1 atom stereocenters. The number of amides is 1. The third-order valence-electron chi connectivity index (χ3n) is 3.74. The molecule has 1 aliphatic rings. The molecular weight excluding hydrogens is 341 g/mol. The Hall–Kier alpha value is -2.12. The lowest BCUT2D eigenvalue weighted by molar-refractivity contribution is -0.121. The van der Waals surface area contributed by atoms with Gasteiger partial charge in [-0.25, -0.2) is 9.37 Å². The van der Waals surface area contributed by atoms with Gasteiger partial charge >= 0.3 is 0 Å². The zero-order valence-corrected chi connectivity index (χ0v) is 14.5. The highest BCUT2D eigenvalue weighted by molar-refractivity contribution is 7.99. The Morgan fingerprint density at radius 3 is 3.04 bits per heavy atom. The Morgan fingerprint density at radius 2 is 2.32 bits per heavy atom. The van der Waals surface area contributed by atoms with Gasteiger partial charge in [0, 0.05) is 55.4 Å². The van der Waals surface area contributed by atoms with Crippen molar-refractivity contribution in [2.45, 2.75) is 19.0 Å². The Kier molecular flexibility index (Phi) is 6.25. The number of halogens is 1. The molecule has 0 aliphatic carbocycles. The van der Waals surface area contributed by atoms with E-state index in [4.69, 9.17) is 4.74 Å². The minimum Gasteiger partial charge on any atom is -0.439 e. The fraction of sp³-hybridized carbons (Fsp3) is 0.333. The van der Waals surface area contributed by atoms with E-state index in [1.165, 1.54) is 12.1 Å². The van der Waals surface area contributed by atoms with Crippen LogP contribution in [0.25, 0.3) is 0 Å². The molecule has 1 aromatic heterocycles. The number of pyridine rings is 1. The number of carbonyl (C=O) groups is 1. The van der Waals surface area contributed by atoms with Crippen molar-refractivity contribution < 1.29 is 13.9 Å². The molecular formula is C18H20FN3O2S. The maximum absolute atomic E-state index is 13.1. The second-order valence-electron chi connectivity index (χ2n) is 5.77. The van der Waals surface area contributed by atoms with Gasteiger partial charge in [0.1, 0.15) is 11.6 Å². The lowest BCUT2D eigenvalue weighted by Crippen LogP contribution is -2.41. The number of aromatic nitrogens is 1. The summed E-state index contributed by atoms with van der Waals surface area (Å²) in [4.78, 5) is 16.2. The summed E-state index contributed by atoms with van der Waals surface area (Å²) in [5.41, 5.74) is 0.880. The van der Waals surface area contributed by atoms with E-state index in [0.29, 0.717) is 24.6 Å². The molecule has 0 spiro atoms. The average Bonchev–Trinajstić information content (AvgIpc) is 2.62. The Bertz CT molecular complexity index is 706. The summed E-state index contributed by atoms with van der Waals surface area (Å²) in [6, 6.07) is 9.67. The minimum atomic E-state index is -0.359. The van der Waals surface area contributed by atoms with Gasteiger partial charge in [-0.15, -0.1) is 0 Å². The Morgan fingerprint density at radius 1 is 1.40 bits per heavy atom. The topological polar surface area (TPSA) is 63.2 Å². The summed E-state index contributed by atoms with van der Waals surface area (Å²) in [5.74, 6) is 2.52. The maximum Gasteiger partial charge on any atom is 0.221 e. The van der Waals surface area contributed by atoms with Gasteiger partial charge < -0.3 is 15.4 Å². The van der Waals surface area contributed by atoms with E-state index in [2.05, 4.69) is 15.6 Å². The molecule has 7 heteroatoms. The van der Waals surface area contributed by atoms with Gasteiger partial charge in [0.2, 0.25) is 11.8 Å². The molecule has 0 radical (unpaired) electrons. The van der Waals surface area contributed by atoms with Crippen molar-refractivity contribution in [2.24, 2.45) is 0 Å². The highest BCUT2D eigenvalue weighted by Crippen LogP contribution is 2.20. The van der Waals surface area contributed by atoms with E-state index in [9.17, 15) is 9.18 Å². The van der Waals surface area contributed by atoms with Gasteiger partial charge in [-0.3, -0.25) is 4.79 Å². The Balaban J connectivity index is 1.46. The minimum absolute atomic E-state index is 0.0279. The highest BCUT2D eigenvalue weighted by atomic mass is 32.2. The van der Waals surface area contributed by atoms with E-state index in [-0.39, 0.29) is 17.8 Å². The molecule has 5 nitrogen and oxygen atoms in total. The molecule has 0 bridgehead atoms. The van der Waals surface area contributed by atoms with Crippen molar-refractivity contribution >= 4 is 17.7 Å². The smallest absolute Gasteiger partial charge is 0.221 e. The predicted octanol–water partition coefficient (Wildman–Crippen LogP) is 2.72. The van der Waals surface area contributed by atoms with Gasteiger partial charge in [-0.1, -0.05) is 12.1 Å². The van der Waals surface area contributed by atoms with Crippen LogP contribution in [0.15, 0.2) is 42.6 Å². The molecule has 1 aromatic carbocycles. The number of hydrogen-bond donors (Lipinski definition) is 2. The van der Waals surface area contributed by atoms with E-state index in [1.54, 1.807) is 24.4 Å². The summed E-state index contributed by atoms with van der Waals surface area (Å²) in [6.45, 7) is 1.38. The monoisotopic (exact) mass is 361 g/mol. The van der Waals surface area contributed by atoms with E-state index < -0.39 is 0 Å². The molecule has 2 aromatic rings. The molecule has 132 valence electrons. The van der Waals surface area contributed by atoms with Crippen LogP contribution in [0.3, 0.4) is 0 Å². The highest BCUT2D eigenvalue weighted by Gasteiger charge is 2.16. The normalized spacial score (nSPS) is 17.1. The number of hydrogen-bond acceptors (Lipinski definition) is 5. The van der Waals surface area contributed by atoms with Crippen molar-refractivity contribution in [1.82, 2.24) is 15.6 Å². The molecule has 1 saturated heterocycles. The summed E-state index contributed by atoms with van der Waals surface area (Å²) >= 11 is 1.87. The van der Waals surface area contributed by atoms with Crippen molar-refractivity contribution in [2.75, 3.05) is 18.1 Å². The van der Waals surface area contributed by atoms with Crippen LogP contribution in [0.2, 0.25) is 0 Å². The molecule has 25 heavy (non-hydrogen) atoms. The van der Waals surface area contributed by atoms with Gasteiger partial charge in [0.15, 0.2) is 0 Å². The number of nitrogens with zero attached hydrogens (tertiary/aromatic N) is 1. The quantitative estimate of drug-likeness (QED) is 0.828. The van der Waals surface area contributed by atoms with E-state index in [0.717, 1.165) is 23.6 Å². The van der Waals surface area contributed by atoms with Crippen LogP contribution in [0.5, 0.6) is 11.6 Å². The van der Waals surface area contributed by atoms with Crippen molar-refractivity contribution in [3.8, 4) is 11.6 Å². The second-order valence-corrected chi connectivity index (χ2v) is 6.92. The van der Waals surface area contributed by atoms with E-state index in [1.807, 2.05) is 17.8 Å². The molecule has 3 rings (SSSR count). The first-order valence-corrected chi connectivity index (χ1v) is 9.31. The number of nitrogens with one attached hydrogen (secondary N) is 2. The fourth-order valence-electron chi connectivity index (χ4n) is 2.47. The number of carbonyl (C=O) groups excluding carboxylic acids is 1. The molecule has 1 aliphatic heterocycles. The number of rotatable bonds is 6. The standard InChI is InChI=1S/C18H20FN3O2S/c19-14-2-1-3-16(8-14)24-18-5-4-13(11-22-18)10-21-17(23)9-15-12-25-7-6-20-15/h1-5,8,11,15,20H,6-7,9-10,12H2,(H,21,23). The van der Waals surface area contributed by atoms with Crippen LogP contribution >= 0.6 is 11.8 Å².